The molecule has 3 aromatic carbocycles. The zero-order valence-corrected chi connectivity index (χ0v) is 20.1. The van der Waals surface area contributed by atoms with E-state index in [-0.39, 0.29) is 28.6 Å². The number of phenols is 1. The van der Waals surface area contributed by atoms with E-state index < -0.39 is 21.2 Å². The molecule has 0 aliphatic carbocycles. The highest BCUT2D eigenvalue weighted by atomic mass is 32.2. The fourth-order valence-electron chi connectivity index (χ4n) is 3.57. The minimum atomic E-state index is -3.40. The maximum absolute atomic E-state index is 12.5. The molecule has 0 aromatic heterocycles. The molecule has 0 saturated heterocycles. The molecule has 3 aromatic rings. The first-order valence-corrected chi connectivity index (χ1v) is 12.4. The van der Waals surface area contributed by atoms with Crippen LogP contribution in [-0.2, 0) is 15.3 Å². The molecule has 34 heavy (non-hydrogen) atoms. The molecule has 8 heteroatoms. The van der Waals surface area contributed by atoms with E-state index in [1.807, 2.05) is 26.0 Å². The third kappa shape index (κ3) is 5.69. The molecule has 0 amide bonds. The van der Waals surface area contributed by atoms with Gasteiger partial charge in [-0.25, -0.2) is 13.2 Å². The van der Waals surface area contributed by atoms with E-state index in [0.717, 1.165) is 11.1 Å². The molecule has 0 bridgehead atoms. The number of ether oxygens (including phenoxy) is 2. The van der Waals surface area contributed by atoms with Crippen molar-refractivity contribution in [2.45, 2.75) is 30.6 Å². The van der Waals surface area contributed by atoms with Gasteiger partial charge >= 0.3 is 5.97 Å². The second-order valence-electron chi connectivity index (χ2n) is 8.38. The number of rotatable bonds is 10. The van der Waals surface area contributed by atoms with Crippen LogP contribution in [0.5, 0.6) is 17.2 Å². The number of hydrogen-bond acceptors (Lipinski definition) is 6. The second-order valence-corrected chi connectivity index (χ2v) is 10.5. The van der Waals surface area contributed by atoms with E-state index >= 15 is 0 Å². The number of carbonyl (C=O) groups is 1. The smallest absolute Gasteiger partial charge is 0.339 e. The van der Waals surface area contributed by atoms with Crippen molar-refractivity contribution >= 4 is 15.8 Å². The van der Waals surface area contributed by atoms with Crippen LogP contribution >= 0.6 is 0 Å². The summed E-state index contributed by atoms with van der Waals surface area (Å²) in [6, 6.07) is 18.2. The summed E-state index contributed by atoms with van der Waals surface area (Å²) in [6.45, 7) is 4.17. The van der Waals surface area contributed by atoms with Crippen LogP contribution in [0.4, 0.5) is 0 Å². The molecule has 0 aliphatic heterocycles. The first-order chi connectivity index (χ1) is 16.0. The van der Waals surface area contributed by atoms with Crippen LogP contribution in [0.1, 0.15) is 41.8 Å². The summed E-state index contributed by atoms with van der Waals surface area (Å²) >= 11 is 0. The van der Waals surface area contributed by atoms with Crippen molar-refractivity contribution in [2.24, 2.45) is 0 Å². The number of aromatic hydroxyl groups is 1. The molecule has 2 N–H and O–H groups in total. The largest absolute Gasteiger partial charge is 0.507 e. The first-order valence-electron chi connectivity index (χ1n) is 10.7. The lowest BCUT2D eigenvalue weighted by atomic mass is 9.77. The Labute approximate surface area is 199 Å². The van der Waals surface area contributed by atoms with Gasteiger partial charge in [-0.05, 0) is 66.1 Å². The van der Waals surface area contributed by atoms with Gasteiger partial charge in [0.15, 0.2) is 9.84 Å². The Morgan fingerprint density at radius 3 is 2.09 bits per heavy atom. The van der Waals surface area contributed by atoms with Crippen LogP contribution in [0.25, 0.3) is 0 Å². The van der Waals surface area contributed by atoms with Crippen molar-refractivity contribution in [3.63, 3.8) is 0 Å². The molecule has 0 atom stereocenters. The Balaban J connectivity index is 1.60. The zero-order chi connectivity index (χ0) is 24.9. The molecule has 0 fully saturated rings. The average Bonchev–Trinajstić information content (AvgIpc) is 2.82. The van der Waals surface area contributed by atoms with Crippen LogP contribution < -0.4 is 9.47 Å². The summed E-state index contributed by atoms with van der Waals surface area (Å²) in [5.41, 5.74) is 1.03. The lowest BCUT2D eigenvalue weighted by molar-refractivity contribution is 0.0693. The number of aromatic carboxylic acids is 1. The molecule has 180 valence electrons. The number of carboxylic acid groups (broad SMARTS) is 1. The Kier molecular flexibility index (Phi) is 7.51. The highest BCUT2D eigenvalue weighted by Crippen LogP contribution is 2.34. The zero-order valence-electron chi connectivity index (χ0n) is 19.3. The summed E-state index contributed by atoms with van der Waals surface area (Å²) in [5, 5.41) is 19.1. The molecule has 0 spiro atoms. The summed E-state index contributed by atoms with van der Waals surface area (Å²) in [7, 11) is -1.88. The van der Waals surface area contributed by atoms with E-state index in [0.29, 0.717) is 17.9 Å². The molecule has 7 nitrogen and oxygen atoms in total. The number of sulfone groups is 1. The maximum Gasteiger partial charge on any atom is 0.339 e. The lowest BCUT2D eigenvalue weighted by Crippen LogP contribution is -2.19. The van der Waals surface area contributed by atoms with Crippen LogP contribution in [0.15, 0.2) is 71.6 Å². The third-order valence-electron chi connectivity index (χ3n) is 5.77. The number of methoxy groups -OCH3 is 1. The Morgan fingerprint density at radius 1 is 0.912 bits per heavy atom. The van der Waals surface area contributed by atoms with Gasteiger partial charge in [0.2, 0.25) is 0 Å². The van der Waals surface area contributed by atoms with E-state index in [1.165, 1.54) is 31.4 Å². The van der Waals surface area contributed by atoms with E-state index in [1.54, 1.807) is 30.3 Å². The number of hydrogen-bond donors (Lipinski definition) is 2. The molecule has 0 aliphatic rings. The third-order valence-corrected chi connectivity index (χ3v) is 7.59. The van der Waals surface area contributed by atoms with Gasteiger partial charge in [-0.2, -0.15) is 0 Å². The first kappa shape index (κ1) is 25.1. The van der Waals surface area contributed by atoms with Gasteiger partial charge in [-0.3, -0.25) is 0 Å². The van der Waals surface area contributed by atoms with E-state index in [4.69, 9.17) is 9.47 Å². The summed E-state index contributed by atoms with van der Waals surface area (Å²) in [4.78, 5) is 11.6. The average molecular weight is 485 g/mol. The normalized spacial score (nSPS) is 11.7. The minimum absolute atomic E-state index is 0.0305. The van der Waals surface area contributed by atoms with Crippen molar-refractivity contribution in [2.75, 3.05) is 19.5 Å². The summed E-state index contributed by atoms with van der Waals surface area (Å²) in [5.74, 6) is -0.283. The van der Waals surface area contributed by atoms with Gasteiger partial charge < -0.3 is 19.7 Å². The summed E-state index contributed by atoms with van der Waals surface area (Å²) < 4.78 is 35.7. The van der Waals surface area contributed by atoms with Gasteiger partial charge in [-0.1, -0.05) is 32.0 Å². The minimum Gasteiger partial charge on any atom is -0.507 e. The number of benzene rings is 3. The number of carboxylic acids is 1. The van der Waals surface area contributed by atoms with Gasteiger partial charge in [-0.15, -0.1) is 0 Å². The van der Waals surface area contributed by atoms with Crippen molar-refractivity contribution in [1.29, 1.82) is 0 Å². The lowest BCUT2D eigenvalue weighted by Gasteiger charge is -2.27. The van der Waals surface area contributed by atoms with Crippen LogP contribution in [-0.4, -0.2) is 44.1 Å². The Hall–Kier alpha value is -3.52. The van der Waals surface area contributed by atoms with Crippen molar-refractivity contribution in [3.8, 4) is 17.2 Å². The monoisotopic (exact) mass is 484 g/mol. The highest BCUT2D eigenvalue weighted by Gasteiger charge is 2.25. The second kappa shape index (κ2) is 10.2. The van der Waals surface area contributed by atoms with Gasteiger partial charge in [0.1, 0.15) is 22.8 Å². The van der Waals surface area contributed by atoms with Crippen LogP contribution in [0.2, 0.25) is 0 Å². The summed E-state index contributed by atoms with van der Waals surface area (Å²) in [6.07, 6.45) is 0.340. The predicted molar refractivity (Wildman–Crippen MR) is 129 cm³/mol. The predicted octanol–water partition coefficient (Wildman–Crippen LogP) is 4.67. The Bertz CT molecular complexity index is 1250. The molecule has 0 unspecified atom stereocenters. The van der Waals surface area contributed by atoms with Crippen LogP contribution in [0, 0.1) is 0 Å². The SMILES string of the molecule is COc1ccc(S(=O)(=O)CCCOc2ccc(C(C)(C)c3ccc(O)c(C(=O)O)c3)cc2)cc1. The molecule has 3 rings (SSSR count). The van der Waals surface area contributed by atoms with Crippen molar-refractivity contribution in [3.05, 3.63) is 83.4 Å². The van der Waals surface area contributed by atoms with Gasteiger partial charge in [0.05, 0.1) is 24.4 Å². The quantitative estimate of drug-likeness (QED) is 0.403. The molecular weight excluding hydrogens is 456 g/mol. The van der Waals surface area contributed by atoms with Crippen molar-refractivity contribution < 1.29 is 32.9 Å². The van der Waals surface area contributed by atoms with E-state index in [9.17, 15) is 23.4 Å². The topological polar surface area (TPSA) is 110 Å². The maximum atomic E-state index is 12.5. The van der Waals surface area contributed by atoms with Gasteiger partial charge in [0, 0.05) is 5.41 Å². The molecule has 0 radical (unpaired) electrons. The van der Waals surface area contributed by atoms with Crippen molar-refractivity contribution in [1.82, 2.24) is 0 Å². The van der Waals surface area contributed by atoms with Gasteiger partial charge in [0.25, 0.3) is 0 Å². The van der Waals surface area contributed by atoms with Crippen LogP contribution in [0.3, 0.4) is 0 Å². The fraction of sp³-hybridized carbons (Fsp3) is 0.269. The Morgan fingerprint density at radius 2 is 1.50 bits per heavy atom. The molecule has 0 saturated carbocycles. The fourth-order valence-corrected chi connectivity index (χ4v) is 4.85. The highest BCUT2D eigenvalue weighted by molar-refractivity contribution is 7.91. The standard InChI is InChI=1S/C26H28O7S/c1-26(2,19-7-14-24(27)23(17-19)25(28)29)18-5-8-21(9-6-18)33-15-4-16-34(30,31)22-12-10-20(32-3)11-13-22/h5-14,17,27H,4,15-16H2,1-3H3,(H,28,29). The molecular formula is C26H28O7S. The molecule has 0 heterocycles. The van der Waals surface area contributed by atoms with E-state index in [2.05, 4.69) is 0 Å².